The molecule has 0 aromatic heterocycles. The molecule has 4 atom stereocenters. The zero-order valence-corrected chi connectivity index (χ0v) is 15.2. The lowest BCUT2D eigenvalue weighted by atomic mass is 10.0. The van der Waals surface area contributed by atoms with Gasteiger partial charge in [0.1, 0.15) is 30.2 Å². The Balaban J connectivity index is 1.70. The molecule has 1 aromatic carbocycles. The first-order chi connectivity index (χ1) is 11.9. The average Bonchev–Trinajstić information content (AvgIpc) is 3.10. The summed E-state index contributed by atoms with van der Waals surface area (Å²) >= 11 is 0. The molecule has 25 heavy (non-hydrogen) atoms. The van der Waals surface area contributed by atoms with E-state index in [4.69, 9.17) is 27.9 Å². The van der Waals surface area contributed by atoms with Crippen LogP contribution in [0, 0.1) is 0 Å². The third-order valence-electron chi connectivity index (χ3n) is 4.29. The van der Waals surface area contributed by atoms with Gasteiger partial charge in [-0.3, -0.25) is 4.18 Å². The third-order valence-corrected chi connectivity index (χ3v) is 4.84. The summed E-state index contributed by atoms with van der Waals surface area (Å²) < 4.78 is 55.6. The Labute approximate surface area is 147 Å². The van der Waals surface area contributed by atoms with Crippen molar-refractivity contribution in [2.45, 2.75) is 30.7 Å². The summed E-state index contributed by atoms with van der Waals surface area (Å²) in [4.78, 5) is 0. The van der Waals surface area contributed by atoms with Gasteiger partial charge in [-0.05, 0) is 17.7 Å². The Bertz CT molecular complexity index is 689. The van der Waals surface area contributed by atoms with E-state index in [1.807, 2.05) is 24.3 Å². The fraction of sp³-hybridized carbons (Fsp3) is 0.625. The van der Waals surface area contributed by atoms with E-state index in [1.165, 1.54) is 7.11 Å². The summed E-state index contributed by atoms with van der Waals surface area (Å²) in [6, 6.07) is 7.47. The van der Waals surface area contributed by atoms with Crippen LogP contribution in [0.15, 0.2) is 24.3 Å². The van der Waals surface area contributed by atoms with Crippen LogP contribution in [0.2, 0.25) is 0 Å². The summed E-state index contributed by atoms with van der Waals surface area (Å²) in [5, 5.41) is 0. The van der Waals surface area contributed by atoms with E-state index in [9.17, 15) is 8.42 Å². The van der Waals surface area contributed by atoms with E-state index in [0.717, 1.165) is 17.6 Å². The number of hydrogen-bond acceptors (Lipinski definition) is 8. The second-order valence-electron chi connectivity index (χ2n) is 6.11. The van der Waals surface area contributed by atoms with E-state index < -0.39 is 34.2 Å². The first-order valence-corrected chi connectivity index (χ1v) is 9.60. The molecule has 0 saturated carbocycles. The van der Waals surface area contributed by atoms with Gasteiger partial charge in [0.05, 0.1) is 26.6 Å². The molecule has 9 heteroatoms. The standard InChI is InChI=1S/C16H22O8S/c1-19-12-6-4-11(5-7-12)8-21-14-13-15(20-2)24-16(14,9-22-13)10-23-25(3,17)18/h4-7,13-15H,8-10H2,1-3H3/t13-,14-,15+,16+/m1/s1. The van der Waals surface area contributed by atoms with Gasteiger partial charge in [0.15, 0.2) is 6.29 Å². The van der Waals surface area contributed by atoms with Crippen molar-refractivity contribution in [3.8, 4) is 5.75 Å². The molecule has 2 saturated heterocycles. The van der Waals surface area contributed by atoms with E-state index in [0.29, 0.717) is 6.61 Å². The van der Waals surface area contributed by atoms with Gasteiger partial charge in [0, 0.05) is 7.11 Å². The highest BCUT2D eigenvalue weighted by molar-refractivity contribution is 7.85. The van der Waals surface area contributed by atoms with Gasteiger partial charge in [-0.15, -0.1) is 0 Å². The number of fused-ring (bicyclic) bond motifs is 2. The molecule has 3 rings (SSSR count). The predicted molar refractivity (Wildman–Crippen MR) is 86.7 cm³/mol. The second kappa shape index (κ2) is 7.18. The van der Waals surface area contributed by atoms with Crippen LogP contribution in [-0.4, -0.2) is 66.2 Å². The Morgan fingerprint density at radius 2 is 1.96 bits per heavy atom. The van der Waals surface area contributed by atoms with Crippen molar-refractivity contribution in [2.24, 2.45) is 0 Å². The number of benzene rings is 1. The highest BCUT2D eigenvalue weighted by Crippen LogP contribution is 2.43. The summed E-state index contributed by atoms with van der Waals surface area (Å²) in [5.41, 5.74) is -0.0683. The molecule has 0 amide bonds. The van der Waals surface area contributed by atoms with Crippen LogP contribution in [0.5, 0.6) is 5.75 Å². The molecule has 2 bridgehead atoms. The van der Waals surface area contributed by atoms with Crippen LogP contribution in [-0.2, 0) is 39.9 Å². The smallest absolute Gasteiger partial charge is 0.264 e. The minimum absolute atomic E-state index is 0.181. The molecule has 2 aliphatic rings. The third kappa shape index (κ3) is 3.97. The molecule has 0 spiro atoms. The molecule has 0 unspecified atom stereocenters. The molecular formula is C16H22O8S. The molecule has 0 N–H and O–H groups in total. The Kier molecular flexibility index (Phi) is 5.33. The lowest BCUT2D eigenvalue weighted by Crippen LogP contribution is -2.47. The topological polar surface area (TPSA) is 89.5 Å². The van der Waals surface area contributed by atoms with Gasteiger partial charge in [-0.1, -0.05) is 12.1 Å². The first-order valence-electron chi connectivity index (χ1n) is 7.78. The molecule has 2 aliphatic heterocycles. The highest BCUT2D eigenvalue weighted by atomic mass is 32.2. The highest BCUT2D eigenvalue weighted by Gasteiger charge is 2.63. The molecule has 8 nitrogen and oxygen atoms in total. The largest absolute Gasteiger partial charge is 0.497 e. The van der Waals surface area contributed by atoms with E-state index >= 15 is 0 Å². The molecule has 0 aliphatic carbocycles. The maximum absolute atomic E-state index is 11.4. The van der Waals surface area contributed by atoms with Crippen LogP contribution >= 0.6 is 0 Å². The van der Waals surface area contributed by atoms with Crippen molar-refractivity contribution in [3.05, 3.63) is 29.8 Å². The van der Waals surface area contributed by atoms with Crippen molar-refractivity contribution in [1.82, 2.24) is 0 Å². The predicted octanol–water partition coefficient (Wildman–Crippen LogP) is 0.697. The summed E-state index contributed by atoms with van der Waals surface area (Å²) in [6.07, 6.45) is -0.571. The Hall–Kier alpha value is -1.23. The average molecular weight is 374 g/mol. The van der Waals surface area contributed by atoms with Crippen molar-refractivity contribution in [1.29, 1.82) is 0 Å². The van der Waals surface area contributed by atoms with E-state index in [-0.39, 0.29) is 13.2 Å². The minimum Gasteiger partial charge on any atom is -0.497 e. The lowest BCUT2D eigenvalue weighted by molar-refractivity contribution is -0.240. The van der Waals surface area contributed by atoms with Gasteiger partial charge in [-0.2, -0.15) is 8.42 Å². The summed E-state index contributed by atoms with van der Waals surface area (Å²) in [5.74, 6) is 0.758. The maximum atomic E-state index is 11.4. The summed E-state index contributed by atoms with van der Waals surface area (Å²) in [6.45, 7) is 0.310. The molecule has 1 aromatic rings. The van der Waals surface area contributed by atoms with Crippen LogP contribution in [0.3, 0.4) is 0 Å². The number of ether oxygens (including phenoxy) is 5. The molecular weight excluding hydrogens is 352 g/mol. The van der Waals surface area contributed by atoms with Gasteiger partial charge in [-0.25, -0.2) is 0 Å². The van der Waals surface area contributed by atoms with Gasteiger partial charge in [0.25, 0.3) is 10.1 Å². The molecule has 140 valence electrons. The second-order valence-corrected chi connectivity index (χ2v) is 7.75. The van der Waals surface area contributed by atoms with Crippen molar-refractivity contribution >= 4 is 10.1 Å². The van der Waals surface area contributed by atoms with Crippen molar-refractivity contribution < 1.29 is 36.3 Å². The van der Waals surface area contributed by atoms with E-state index in [1.54, 1.807) is 7.11 Å². The quantitative estimate of drug-likeness (QED) is 0.614. The Morgan fingerprint density at radius 1 is 1.24 bits per heavy atom. The minimum atomic E-state index is -3.61. The monoisotopic (exact) mass is 374 g/mol. The molecule has 2 fully saturated rings. The maximum Gasteiger partial charge on any atom is 0.264 e. The van der Waals surface area contributed by atoms with Gasteiger partial charge < -0.3 is 23.7 Å². The van der Waals surface area contributed by atoms with Gasteiger partial charge in [0.2, 0.25) is 0 Å². The zero-order valence-electron chi connectivity index (χ0n) is 14.3. The van der Waals surface area contributed by atoms with Crippen LogP contribution in [0.4, 0.5) is 0 Å². The SMILES string of the molecule is COc1ccc(CO[C@@H]2[C@H]3OC[C@@]2(COS(C)(=O)=O)O[C@@H]3OC)cc1. The van der Waals surface area contributed by atoms with Crippen molar-refractivity contribution in [2.75, 3.05) is 33.7 Å². The fourth-order valence-electron chi connectivity index (χ4n) is 3.03. The number of methoxy groups -OCH3 is 2. The zero-order chi connectivity index (χ0) is 18.1. The van der Waals surface area contributed by atoms with E-state index in [2.05, 4.69) is 0 Å². The molecule has 2 heterocycles. The number of rotatable bonds is 8. The van der Waals surface area contributed by atoms with Gasteiger partial charge >= 0.3 is 0 Å². The fourth-order valence-corrected chi connectivity index (χ4v) is 3.44. The first kappa shape index (κ1) is 18.6. The Morgan fingerprint density at radius 3 is 2.56 bits per heavy atom. The summed E-state index contributed by atoms with van der Waals surface area (Å²) in [7, 11) is -0.505. The van der Waals surface area contributed by atoms with Crippen molar-refractivity contribution in [3.63, 3.8) is 0 Å². The lowest BCUT2D eigenvalue weighted by Gasteiger charge is -2.30. The molecule has 0 radical (unpaired) electrons. The van der Waals surface area contributed by atoms with Crippen LogP contribution < -0.4 is 4.74 Å². The normalized spacial score (nSPS) is 31.4. The van der Waals surface area contributed by atoms with Crippen LogP contribution in [0.25, 0.3) is 0 Å². The van der Waals surface area contributed by atoms with Crippen LogP contribution in [0.1, 0.15) is 5.56 Å². The number of hydrogen-bond donors (Lipinski definition) is 0.